The van der Waals surface area contributed by atoms with Crippen LogP contribution in [-0.4, -0.2) is 47.0 Å². The predicted molar refractivity (Wildman–Crippen MR) is 56.9 cm³/mol. The average Bonchev–Trinajstić information content (AvgIpc) is 1.97. The molecule has 86 valence electrons. The van der Waals surface area contributed by atoms with E-state index in [9.17, 15) is 0 Å². The minimum absolute atomic E-state index is 0.418. The maximum atomic E-state index is 8.55. The minimum Gasteiger partial charge on any atom is -0.421 e. The van der Waals surface area contributed by atoms with Crippen molar-refractivity contribution in [1.29, 1.82) is 0 Å². The van der Waals surface area contributed by atoms with Crippen molar-refractivity contribution in [3.63, 3.8) is 0 Å². The van der Waals surface area contributed by atoms with E-state index in [-0.39, 0.29) is 0 Å². The molecule has 0 saturated heterocycles. The van der Waals surface area contributed by atoms with Gasteiger partial charge in [-0.05, 0) is 26.2 Å². The average molecular weight is 258 g/mol. The molecule has 0 aliphatic heterocycles. The molecular weight excluding hydrogens is 240 g/mol. The second-order valence-corrected chi connectivity index (χ2v) is 11.6. The smallest absolute Gasteiger partial charge is 0.421 e. The third-order valence-corrected chi connectivity index (χ3v) is 4.18. The van der Waals surface area contributed by atoms with Crippen LogP contribution in [0.15, 0.2) is 0 Å². The number of hydrogen-bond donors (Lipinski definition) is 3. The third kappa shape index (κ3) is 8.98. The van der Waals surface area contributed by atoms with E-state index in [1.807, 2.05) is 13.1 Å². The lowest BCUT2D eigenvalue weighted by Crippen LogP contribution is -2.46. The summed E-state index contributed by atoms with van der Waals surface area (Å²) in [6, 6.07) is 0. The molecule has 0 aliphatic carbocycles. The molecule has 0 radical (unpaired) electrons. The Balaban J connectivity index is 3.83. The van der Waals surface area contributed by atoms with Crippen LogP contribution in [0.2, 0.25) is 26.2 Å². The molecule has 6 nitrogen and oxygen atoms in total. The first-order chi connectivity index (χ1) is 6.12. The van der Waals surface area contributed by atoms with Crippen molar-refractivity contribution in [3.8, 4) is 0 Å². The molecule has 0 aromatic heterocycles. The summed E-state index contributed by atoms with van der Waals surface area (Å²) in [5, 5.41) is 0. The van der Waals surface area contributed by atoms with Crippen LogP contribution in [0, 0.1) is 0 Å². The van der Waals surface area contributed by atoms with Crippen molar-refractivity contribution in [2.75, 3.05) is 6.23 Å². The molecule has 0 atom stereocenters. The van der Waals surface area contributed by atoms with Crippen molar-refractivity contribution >= 4 is 26.4 Å². The predicted octanol–water partition coefficient (Wildman–Crippen LogP) is -0.909. The lowest BCUT2D eigenvalue weighted by molar-refractivity contribution is -0.189. The maximum Gasteiger partial charge on any atom is 0.698 e. The molecule has 0 unspecified atom stereocenters. The van der Waals surface area contributed by atoms with Gasteiger partial charge in [-0.25, -0.2) is 4.58 Å². The van der Waals surface area contributed by atoms with E-state index in [4.69, 9.17) is 23.4 Å². The zero-order chi connectivity index (χ0) is 11.4. The number of hydrogen-bond acceptors (Lipinski definition) is 6. The molecule has 0 aliphatic rings. The molecule has 0 bridgehead atoms. The molecule has 0 amide bonds. The van der Waals surface area contributed by atoms with Gasteiger partial charge in [-0.1, -0.05) is 0 Å². The summed E-state index contributed by atoms with van der Waals surface area (Å²) < 4.78 is 14.4. The van der Waals surface area contributed by atoms with Gasteiger partial charge in [0.05, 0.1) is 6.23 Å². The summed E-state index contributed by atoms with van der Waals surface area (Å²) in [5.41, 5.74) is 0. The molecule has 0 saturated carbocycles. The summed E-state index contributed by atoms with van der Waals surface area (Å²) >= 11 is 0. The molecule has 0 fully saturated rings. The van der Waals surface area contributed by atoms with Crippen LogP contribution in [-0.2, 0) is 13.6 Å². The van der Waals surface area contributed by atoms with Crippen LogP contribution in [0.5, 0.6) is 0 Å². The summed E-state index contributed by atoms with van der Waals surface area (Å²) in [5.74, 6) is 0. The van der Waals surface area contributed by atoms with E-state index < -0.39 is 26.4 Å². The molecule has 14 heavy (non-hydrogen) atoms. The summed E-state index contributed by atoms with van der Waals surface area (Å²) in [4.78, 5) is 25.7. The highest BCUT2D eigenvalue weighted by Crippen LogP contribution is 2.08. The quantitative estimate of drug-likeness (QED) is 0.325. The number of rotatable bonds is 6. The molecule has 0 aromatic rings. The van der Waals surface area contributed by atoms with Crippen LogP contribution < -0.4 is 0 Å². The van der Waals surface area contributed by atoms with Gasteiger partial charge in [-0.2, -0.15) is 0 Å². The van der Waals surface area contributed by atoms with Crippen molar-refractivity contribution in [1.82, 2.24) is 0 Å². The Morgan fingerprint density at radius 3 is 1.93 bits per heavy atom. The fourth-order valence-corrected chi connectivity index (χ4v) is 4.90. The summed E-state index contributed by atoms with van der Waals surface area (Å²) in [7, 11) is -7.90. The Hall–Kier alpha value is 0.411. The van der Waals surface area contributed by atoms with Gasteiger partial charge in [-0.15, -0.1) is 0 Å². The molecule has 0 aromatic carbocycles. The Morgan fingerprint density at radius 1 is 1.07 bits per heavy atom. The Kier molecular flexibility index (Phi) is 5.64. The van der Waals surface area contributed by atoms with Gasteiger partial charge in [0.15, 0.2) is 9.04 Å². The lowest BCUT2D eigenvalue weighted by atomic mass is 11.7. The molecule has 0 spiro atoms. The second-order valence-electron chi connectivity index (χ2n) is 3.86. The van der Waals surface area contributed by atoms with E-state index in [0.29, 0.717) is 6.23 Å². The van der Waals surface area contributed by atoms with Gasteiger partial charge in [0.1, 0.15) is 0 Å². The van der Waals surface area contributed by atoms with Crippen molar-refractivity contribution in [3.05, 3.63) is 0 Å². The van der Waals surface area contributed by atoms with Gasteiger partial charge in [-0.3, -0.25) is 4.58 Å². The van der Waals surface area contributed by atoms with Crippen LogP contribution in [0.25, 0.3) is 0 Å². The topological polar surface area (TPSA) is 88.4 Å². The molecular formula is C5H18O6Si3. The van der Waals surface area contributed by atoms with Crippen molar-refractivity contribution < 1.29 is 28.0 Å². The Bertz CT molecular complexity index is 167. The van der Waals surface area contributed by atoms with Gasteiger partial charge in [0.2, 0.25) is 0 Å². The lowest BCUT2D eigenvalue weighted by Gasteiger charge is -2.23. The Morgan fingerprint density at radius 2 is 1.57 bits per heavy atom. The van der Waals surface area contributed by atoms with Crippen molar-refractivity contribution in [2.24, 2.45) is 0 Å². The van der Waals surface area contributed by atoms with Crippen LogP contribution >= 0.6 is 0 Å². The second kappa shape index (κ2) is 5.48. The Labute approximate surface area is 87.3 Å². The zero-order valence-electron chi connectivity index (χ0n) is 8.85. The van der Waals surface area contributed by atoms with E-state index in [1.54, 1.807) is 13.1 Å². The maximum absolute atomic E-state index is 8.55. The first kappa shape index (κ1) is 14.4. The third-order valence-electron chi connectivity index (χ3n) is 1.14. The van der Waals surface area contributed by atoms with Crippen molar-refractivity contribution in [2.45, 2.75) is 26.2 Å². The van der Waals surface area contributed by atoms with Gasteiger partial charge in [0.25, 0.3) is 8.32 Å². The standard InChI is InChI=1S/C5H18O6Si3/c1-12(2)9-5-13(3,4)10-11-14(6,7)8/h6-8,12H,5H2,1-4H3. The summed E-state index contributed by atoms with van der Waals surface area (Å²) in [6.45, 7) is 7.64. The zero-order valence-corrected chi connectivity index (χ0v) is 12.0. The minimum atomic E-state index is -4.55. The highest BCUT2D eigenvalue weighted by Gasteiger charge is 2.37. The van der Waals surface area contributed by atoms with Crippen LogP contribution in [0.4, 0.5) is 0 Å². The largest absolute Gasteiger partial charge is 0.698 e. The van der Waals surface area contributed by atoms with E-state index in [2.05, 4.69) is 4.58 Å². The normalized spacial score (nSPS) is 13.7. The van der Waals surface area contributed by atoms with Crippen LogP contribution in [0.3, 0.4) is 0 Å². The first-order valence-electron chi connectivity index (χ1n) is 4.28. The first-order valence-corrected chi connectivity index (χ1v) is 11.9. The van der Waals surface area contributed by atoms with E-state index in [1.165, 1.54) is 0 Å². The highest BCUT2D eigenvalue weighted by atomic mass is 28.4. The fraction of sp³-hybridized carbons (Fsp3) is 1.00. The summed E-state index contributed by atoms with van der Waals surface area (Å²) in [6.07, 6.45) is 0.418. The molecule has 9 heteroatoms. The molecule has 0 rings (SSSR count). The molecule has 3 N–H and O–H groups in total. The highest BCUT2D eigenvalue weighted by molar-refractivity contribution is 6.71. The SMILES string of the molecule is C[SiH](C)OC[Si](C)(C)OO[Si](O)(O)O. The monoisotopic (exact) mass is 258 g/mol. The molecule has 0 heterocycles. The van der Waals surface area contributed by atoms with E-state index in [0.717, 1.165) is 0 Å². The van der Waals surface area contributed by atoms with Gasteiger partial charge < -0.3 is 18.8 Å². The van der Waals surface area contributed by atoms with E-state index >= 15 is 0 Å². The fourth-order valence-electron chi connectivity index (χ4n) is 0.560. The van der Waals surface area contributed by atoms with Crippen LogP contribution in [0.1, 0.15) is 0 Å². The van der Waals surface area contributed by atoms with Gasteiger partial charge >= 0.3 is 9.05 Å². The van der Waals surface area contributed by atoms with Gasteiger partial charge in [0, 0.05) is 0 Å².